The molecule has 3 rings (SSSR count). The minimum atomic E-state index is -3.99. The molecule has 3 aromatic rings. The zero-order valence-corrected chi connectivity index (χ0v) is 18.4. The summed E-state index contributed by atoms with van der Waals surface area (Å²) in [6.07, 6.45) is 1.47. The summed E-state index contributed by atoms with van der Waals surface area (Å²) in [6.45, 7) is -0.173. The smallest absolute Gasteiger partial charge is 0.240 e. The van der Waals surface area contributed by atoms with E-state index in [2.05, 4.69) is 15.0 Å². The summed E-state index contributed by atoms with van der Waals surface area (Å²) in [5.41, 5.74) is 0.543. The number of pyridine rings is 1. The molecule has 0 bridgehead atoms. The topological polar surface area (TPSA) is 140 Å². The first-order valence-corrected chi connectivity index (χ1v) is 12.5. The lowest BCUT2D eigenvalue weighted by molar-refractivity contribution is 0.462. The second-order valence-electron chi connectivity index (χ2n) is 6.68. The van der Waals surface area contributed by atoms with Crippen LogP contribution < -0.4 is 19.9 Å². The quantitative estimate of drug-likeness (QED) is 0.404. The number of nitrogens with zero attached hydrogens (tertiary/aromatic N) is 1. The lowest BCUT2D eigenvalue weighted by atomic mass is 10.3. The SMILES string of the molecule is NS(=O)(=O)CCNc1ccc(S(=O)(=O)NCc2ccc(Oc3ccccc3)nc2)cc1F. The van der Waals surface area contributed by atoms with E-state index in [1.54, 1.807) is 24.3 Å². The van der Waals surface area contributed by atoms with E-state index in [9.17, 15) is 21.2 Å². The highest BCUT2D eigenvalue weighted by molar-refractivity contribution is 7.89. The van der Waals surface area contributed by atoms with E-state index >= 15 is 0 Å². The molecule has 0 saturated carbocycles. The summed E-state index contributed by atoms with van der Waals surface area (Å²) >= 11 is 0. The first-order chi connectivity index (χ1) is 15.1. The Labute approximate surface area is 185 Å². The summed E-state index contributed by atoms with van der Waals surface area (Å²) < 4.78 is 69.0. The van der Waals surface area contributed by atoms with Crippen LogP contribution in [0.15, 0.2) is 71.8 Å². The average molecular weight is 481 g/mol. The second-order valence-corrected chi connectivity index (χ2v) is 10.2. The monoisotopic (exact) mass is 480 g/mol. The Hall–Kier alpha value is -3.06. The molecule has 0 unspecified atom stereocenters. The molecular formula is C20H21FN4O5S2. The Kier molecular flexibility index (Phi) is 7.40. The molecule has 32 heavy (non-hydrogen) atoms. The van der Waals surface area contributed by atoms with Crippen molar-refractivity contribution in [1.82, 2.24) is 9.71 Å². The minimum Gasteiger partial charge on any atom is -0.439 e. The second kappa shape index (κ2) is 10.0. The lowest BCUT2D eigenvalue weighted by Gasteiger charge is -2.10. The number of sulfonamides is 2. The van der Waals surface area contributed by atoms with Gasteiger partial charge in [0.2, 0.25) is 25.9 Å². The Morgan fingerprint density at radius 1 is 1.00 bits per heavy atom. The van der Waals surface area contributed by atoms with Gasteiger partial charge in [-0.2, -0.15) is 0 Å². The maximum Gasteiger partial charge on any atom is 0.240 e. The highest BCUT2D eigenvalue weighted by Gasteiger charge is 2.16. The molecule has 0 aliphatic rings. The van der Waals surface area contributed by atoms with Crippen molar-refractivity contribution < 1.29 is 26.0 Å². The summed E-state index contributed by atoms with van der Waals surface area (Å²) in [6, 6.07) is 15.6. The van der Waals surface area contributed by atoms with Crippen molar-refractivity contribution in [3.05, 3.63) is 78.2 Å². The van der Waals surface area contributed by atoms with Crippen molar-refractivity contribution >= 4 is 25.7 Å². The molecular weight excluding hydrogens is 459 g/mol. The maximum absolute atomic E-state index is 14.2. The van der Waals surface area contributed by atoms with E-state index in [1.807, 2.05) is 18.2 Å². The Morgan fingerprint density at radius 2 is 1.75 bits per heavy atom. The number of aromatic nitrogens is 1. The van der Waals surface area contributed by atoms with Crippen molar-refractivity contribution in [2.45, 2.75) is 11.4 Å². The molecule has 0 atom stereocenters. The van der Waals surface area contributed by atoms with Gasteiger partial charge >= 0.3 is 0 Å². The Bertz CT molecular complexity index is 1270. The molecule has 2 aromatic carbocycles. The van der Waals surface area contributed by atoms with E-state index in [0.717, 1.165) is 6.07 Å². The predicted molar refractivity (Wildman–Crippen MR) is 118 cm³/mol. The molecule has 0 aliphatic heterocycles. The van der Waals surface area contributed by atoms with Crippen LogP contribution in [0.25, 0.3) is 0 Å². The summed E-state index contributed by atoms with van der Waals surface area (Å²) in [7, 11) is -7.69. The van der Waals surface area contributed by atoms with Crippen molar-refractivity contribution in [3.8, 4) is 11.6 Å². The van der Waals surface area contributed by atoms with Crippen LogP contribution in [0, 0.1) is 5.82 Å². The van der Waals surface area contributed by atoms with Gasteiger partial charge in [-0.25, -0.2) is 36.1 Å². The van der Waals surface area contributed by atoms with Crippen molar-refractivity contribution in [2.75, 3.05) is 17.6 Å². The molecule has 0 saturated heterocycles. The molecule has 170 valence electrons. The van der Waals surface area contributed by atoms with Gasteiger partial charge in [-0.15, -0.1) is 0 Å². The zero-order chi connectivity index (χ0) is 23.2. The van der Waals surface area contributed by atoms with Gasteiger partial charge in [0.15, 0.2) is 0 Å². The van der Waals surface area contributed by atoms with E-state index in [1.165, 1.54) is 18.3 Å². The van der Waals surface area contributed by atoms with E-state index < -0.39 is 31.6 Å². The molecule has 1 heterocycles. The van der Waals surface area contributed by atoms with Crippen LogP contribution in [0.1, 0.15) is 5.56 Å². The fourth-order valence-electron chi connectivity index (χ4n) is 2.58. The standard InChI is InChI=1S/C20H21FN4O5S2/c21-18-12-17(7-8-19(18)23-10-11-31(22,26)27)32(28,29)25-14-15-6-9-20(24-13-15)30-16-4-2-1-3-5-16/h1-9,12-13,23,25H,10-11,14H2,(H2,22,26,27). The first kappa shape index (κ1) is 23.6. The molecule has 0 amide bonds. The van der Waals surface area contributed by atoms with Gasteiger partial charge in [-0.05, 0) is 35.9 Å². The summed E-state index contributed by atoms with van der Waals surface area (Å²) in [5.74, 6) is -0.253. The fourth-order valence-corrected chi connectivity index (χ4v) is 4.00. The van der Waals surface area contributed by atoms with E-state index in [4.69, 9.17) is 9.88 Å². The molecule has 0 spiro atoms. The van der Waals surface area contributed by atoms with E-state index in [0.29, 0.717) is 17.2 Å². The number of para-hydroxylation sites is 1. The molecule has 0 fully saturated rings. The molecule has 1 aromatic heterocycles. The van der Waals surface area contributed by atoms with Gasteiger partial charge in [0, 0.05) is 25.4 Å². The van der Waals surface area contributed by atoms with Crippen LogP contribution in [-0.4, -0.2) is 34.1 Å². The number of ether oxygens (including phenoxy) is 1. The molecule has 9 nitrogen and oxygen atoms in total. The van der Waals surface area contributed by atoms with Gasteiger partial charge in [0.05, 0.1) is 16.3 Å². The van der Waals surface area contributed by atoms with Gasteiger partial charge in [-0.3, -0.25) is 0 Å². The molecule has 12 heteroatoms. The van der Waals surface area contributed by atoms with Crippen LogP contribution in [0.4, 0.5) is 10.1 Å². The van der Waals surface area contributed by atoms with Crippen LogP contribution >= 0.6 is 0 Å². The number of anilines is 1. The van der Waals surface area contributed by atoms with Crippen LogP contribution in [0.3, 0.4) is 0 Å². The van der Waals surface area contributed by atoms with Gasteiger partial charge < -0.3 is 10.1 Å². The van der Waals surface area contributed by atoms with E-state index in [-0.39, 0.29) is 23.7 Å². The number of rotatable bonds is 10. The molecule has 0 radical (unpaired) electrons. The van der Waals surface area contributed by atoms with Gasteiger partial charge in [0.25, 0.3) is 0 Å². The highest BCUT2D eigenvalue weighted by atomic mass is 32.2. The zero-order valence-electron chi connectivity index (χ0n) is 16.7. The highest BCUT2D eigenvalue weighted by Crippen LogP contribution is 2.20. The fraction of sp³-hybridized carbons (Fsp3) is 0.150. The third-order valence-corrected chi connectivity index (χ3v) is 6.35. The largest absolute Gasteiger partial charge is 0.439 e. The number of nitrogens with one attached hydrogen (secondary N) is 2. The first-order valence-electron chi connectivity index (χ1n) is 9.34. The predicted octanol–water partition coefficient (Wildman–Crippen LogP) is 2.19. The average Bonchev–Trinajstić information content (AvgIpc) is 2.74. The normalized spacial score (nSPS) is 11.8. The third-order valence-electron chi connectivity index (χ3n) is 4.18. The summed E-state index contributed by atoms with van der Waals surface area (Å²) in [4.78, 5) is 3.87. The van der Waals surface area contributed by atoms with Crippen LogP contribution in [0.2, 0.25) is 0 Å². The number of nitrogens with two attached hydrogens (primary N) is 1. The van der Waals surface area contributed by atoms with Crippen molar-refractivity contribution in [1.29, 1.82) is 0 Å². The van der Waals surface area contributed by atoms with Gasteiger partial charge in [0.1, 0.15) is 11.6 Å². The number of hydrogen-bond donors (Lipinski definition) is 3. The van der Waals surface area contributed by atoms with Crippen molar-refractivity contribution in [2.24, 2.45) is 5.14 Å². The lowest BCUT2D eigenvalue weighted by Crippen LogP contribution is -2.24. The van der Waals surface area contributed by atoms with Crippen molar-refractivity contribution in [3.63, 3.8) is 0 Å². The number of primary sulfonamides is 1. The van der Waals surface area contributed by atoms with Crippen LogP contribution in [-0.2, 0) is 26.6 Å². The third kappa shape index (κ3) is 6.99. The van der Waals surface area contributed by atoms with Crippen LogP contribution in [0.5, 0.6) is 11.6 Å². The summed E-state index contributed by atoms with van der Waals surface area (Å²) in [5, 5.41) is 7.44. The Morgan fingerprint density at radius 3 is 2.38 bits per heavy atom. The number of benzene rings is 2. The number of hydrogen-bond acceptors (Lipinski definition) is 7. The Balaban J connectivity index is 1.59. The molecule has 4 N–H and O–H groups in total. The minimum absolute atomic E-state index is 0.0363. The molecule has 0 aliphatic carbocycles. The number of halogens is 1. The van der Waals surface area contributed by atoms with Gasteiger partial charge in [-0.1, -0.05) is 24.3 Å². The maximum atomic E-state index is 14.2.